The van der Waals surface area contributed by atoms with Gasteiger partial charge in [0.25, 0.3) is 0 Å². The zero-order valence-corrected chi connectivity index (χ0v) is 9.62. The SMILES string of the molecule is CC(C)[C@@H](N)C(=O)Oc1ccccc1[N+](=O)[O-]. The summed E-state index contributed by atoms with van der Waals surface area (Å²) in [6, 6.07) is 4.89. The van der Waals surface area contributed by atoms with Crippen molar-refractivity contribution < 1.29 is 14.5 Å². The first kappa shape index (κ1) is 13.1. The molecule has 0 aliphatic heterocycles. The van der Waals surface area contributed by atoms with E-state index in [0.29, 0.717) is 0 Å². The highest BCUT2D eigenvalue weighted by molar-refractivity contribution is 5.79. The molecule has 6 heteroatoms. The second-order valence-corrected chi connectivity index (χ2v) is 3.92. The summed E-state index contributed by atoms with van der Waals surface area (Å²) in [6.45, 7) is 3.54. The number of carbonyl (C=O) groups excluding carboxylic acids is 1. The summed E-state index contributed by atoms with van der Waals surface area (Å²) in [5, 5.41) is 10.7. The van der Waals surface area contributed by atoms with Gasteiger partial charge < -0.3 is 10.5 Å². The molecule has 1 aromatic carbocycles. The van der Waals surface area contributed by atoms with Crippen LogP contribution in [0.4, 0.5) is 5.69 Å². The Labute approximate surface area is 98.5 Å². The van der Waals surface area contributed by atoms with Crippen molar-refractivity contribution in [3.05, 3.63) is 34.4 Å². The average Bonchev–Trinajstić information content (AvgIpc) is 2.28. The van der Waals surface area contributed by atoms with Gasteiger partial charge in [-0.3, -0.25) is 10.1 Å². The Bertz CT molecular complexity index is 431. The van der Waals surface area contributed by atoms with Crippen LogP contribution in [0.3, 0.4) is 0 Å². The van der Waals surface area contributed by atoms with E-state index in [0.717, 1.165) is 0 Å². The Morgan fingerprint density at radius 2 is 2.00 bits per heavy atom. The van der Waals surface area contributed by atoms with Crippen LogP contribution in [0.25, 0.3) is 0 Å². The third kappa shape index (κ3) is 3.25. The number of nitro groups is 1. The predicted octanol–water partition coefficient (Wildman–Crippen LogP) is 1.48. The van der Waals surface area contributed by atoms with Gasteiger partial charge in [-0.1, -0.05) is 26.0 Å². The average molecular weight is 238 g/mol. The van der Waals surface area contributed by atoms with Crippen LogP contribution in [0, 0.1) is 16.0 Å². The number of nitro benzene ring substituents is 1. The molecule has 17 heavy (non-hydrogen) atoms. The van der Waals surface area contributed by atoms with Crippen molar-refractivity contribution in [2.75, 3.05) is 0 Å². The minimum absolute atomic E-state index is 0.0846. The van der Waals surface area contributed by atoms with Gasteiger partial charge in [-0.15, -0.1) is 0 Å². The highest BCUT2D eigenvalue weighted by atomic mass is 16.6. The first-order valence-electron chi connectivity index (χ1n) is 5.14. The number of hydrogen-bond acceptors (Lipinski definition) is 5. The first-order valence-corrected chi connectivity index (χ1v) is 5.14. The molecule has 1 atom stereocenters. The fourth-order valence-electron chi connectivity index (χ4n) is 1.14. The second kappa shape index (κ2) is 5.40. The minimum atomic E-state index is -0.796. The quantitative estimate of drug-likeness (QED) is 0.371. The number of nitrogens with two attached hydrogens (primary N) is 1. The van der Waals surface area contributed by atoms with Gasteiger partial charge >= 0.3 is 11.7 Å². The minimum Gasteiger partial charge on any atom is -0.418 e. The Morgan fingerprint density at radius 3 is 2.53 bits per heavy atom. The number of rotatable bonds is 4. The van der Waals surface area contributed by atoms with E-state index in [9.17, 15) is 14.9 Å². The summed E-state index contributed by atoms with van der Waals surface area (Å²) >= 11 is 0. The van der Waals surface area contributed by atoms with Gasteiger partial charge in [0.15, 0.2) is 0 Å². The Kier molecular flexibility index (Phi) is 4.17. The third-order valence-corrected chi connectivity index (χ3v) is 2.26. The van der Waals surface area contributed by atoms with E-state index in [-0.39, 0.29) is 17.4 Å². The normalized spacial score (nSPS) is 12.2. The summed E-state index contributed by atoms with van der Waals surface area (Å²) < 4.78 is 4.92. The predicted molar refractivity (Wildman–Crippen MR) is 61.5 cm³/mol. The molecule has 0 aromatic heterocycles. The smallest absolute Gasteiger partial charge is 0.328 e. The summed E-state index contributed by atoms with van der Waals surface area (Å²) in [5.41, 5.74) is 5.34. The fraction of sp³-hybridized carbons (Fsp3) is 0.364. The van der Waals surface area contributed by atoms with Gasteiger partial charge in [0, 0.05) is 6.07 Å². The Balaban J connectivity index is 2.89. The standard InChI is InChI=1S/C11H14N2O4/c1-7(2)10(12)11(14)17-9-6-4-3-5-8(9)13(15)16/h3-7,10H,12H2,1-2H3/t10-/m1/s1. The highest BCUT2D eigenvalue weighted by Crippen LogP contribution is 2.26. The molecule has 0 amide bonds. The zero-order valence-electron chi connectivity index (χ0n) is 9.62. The molecule has 0 spiro atoms. The molecule has 0 saturated carbocycles. The maximum Gasteiger partial charge on any atom is 0.328 e. The van der Waals surface area contributed by atoms with Gasteiger partial charge in [-0.2, -0.15) is 0 Å². The largest absolute Gasteiger partial charge is 0.418 e. The number of nitrogens with zero attached hydrogens (tertiary/aromatic N) is 1. The summed E-state index contributed by atoms with van der Waals surface area (Å²) in [6.07, 6.45) is 0. The highest BCUT2D eigenvalue weighted by Gasteiger charge is 2.23. The molecule has 0 aliphatic rings. The molecule has 92 valence electrons. The van der Waals surface area contributed by atoms with Crippen molar-refractivity contribution >= 4 is 11.7 Å². The second-order valence-electron chi connectivity index (χ2n) is 3.92. The number of esters is 1. The third-order valence-electron chi connectivity index (χ3n) is 2.26. The van der Waals surface area contributed by atoms with Crippen LogP contribution in [0.1, 0.15) is 13.8 Å². The van der Waals surface area contributed by atoms with E-state index in [1.54, 1.807) is 19.9 Å². The van der Waals surface area contributed by atoms with E-state index in [2.05, 4.69) is 0 Å². The monoisotopic (exact) mass is 238 g/mol. The molecule has 0 radical (unpaired) electrons. The van der Waals surface area contributed by atoms with Crippen molar-refractivity contribution in [3.8, 4) is 5.75 Å². The molecule has 1 aromatic rings. The van der Waals surface area contributed by atoms with Crippen molar-refractivity contribution in [1.82, 2.24) is 0 Å². The molecule has 0 bridgehead atoms. The van der Waals surface area contributed by atoms with Crippen molar-refractivity contribution in [3.63, 3.8) is 0 Å². The lowest BCUT2D eigenvalue weighted by Crippen LogP contribution is -2.38. The van der Waals surface area contributed by atoms with Crippen LogP contribution in [-0.2, 0) is 4.79 Å². The van der Waals surface area contributed by atoms with Crippen molar-refractivity contribution in [2.24, 2.45) is 11.7 Å². The van der Waals surface area contributed by atoms with E-state index >= 15 is 0 Å². The zero-order chi connectivity index (χ0) is 13.0. The molecule has 0 heterocycles. The lowest BCUT2D eigenvalue weighted by molar-refractivity contribution is -0.385. The van der Waals surface area contributed by atoms with E-state index in [4.69, 9.17) is 10.5 Å². The lowest BCUT2D eigenvalue weighted by Gasteiger charge is -2.13. The molecule has 6 nitrogen and oxygen atoms in total. The van der Waals surface area contributed by atoms with Crippen LogP contribution in [0.5, 0.6) is 5.75 Å². The van der Waals surface area contributed by atoms with Gasteiger partial charge in [0.2, 0.25) is 5.75 Å². The maximum atomic E-state index is 11.6. The summed E-state index contributed by atoms with van der Waals surface area (Å²) in [5.74, 6) is -0.849. The topological polar surface area (TPSA) is 95.5 Å². The van der Waals surface area contributed by atoms with Gasteiger partial charge in [0.1, 0.15) is 6.04 Å². The molecular formula is C11H14N2O4. The number of hydrogen-bond donors (Lipinski definition) is 1. The summed E-state index contributed by atoms with van der Waals surface area (Å²) in [4.78, 5) is 21.6. The number of carbonyl (C=O) groups is 1. The van der Waals surface area contributed by atoms with Gasteiger partial charge in [-0.25, -0.2) is 4.79 Å². The van der Waals surface area contributed by atoms with Crippen LogP contribution in [0.15, 0.2) is 24.3 Å². The molecule has 0 saturated heterocycles. The van der Waals surface area contributed by atoms with Crippen molar-refractivity contribution in [1.29, 1.82) is 0 Å². The number of ether oxygens (including phenoxy) is 1. The Hall–Kier alpha value is -1.95. The Morgan fingerprint density at radius 1 is 1.41 bits per heavy atom. The maximum absolute atomic E-state index is 11.6. The van der Waals surface area contributed by atoms with Crippen LogP contribution < -0.4 is 10.5 Å². The molecule has 1 rings (SSSR count). The van der Waals surface area contributed by atoms with Crippen LogP contribution in [-0.4, -0.2) is 16.9 Å². The van der Waals surface area contributed by atoms with E-state index in [1.165, 1.54) is 18.2 Å². The van der Waals surface area contributed by atoms with Crippen LogP contribution >= 0.6 is 0 Å². The first-order chi connectivity index (χ1) is 7.93. The molecular weight excluding hydrogens is 224 g/mol. The number of para-hydroxylation sites is 2. The van der Waals surface area contributed by atoms with Gasteiger partial charge in [-0.05, 0) is 12.0 Å². The fourth-order valence-corrected chi connectivity index (χ4v) is 1.14. The van der Waals surface area contributed by atoms with Gasteiger partial charge in [0.05, 0.1) is 4.92 Å². The van der Waals surface area contributed by atoms with Crippen LogP contribution in [0.2, 0.25) is 0 Å². The van der Waals surface area contributed by atoms with Crippen molar-refractivity contribution in [2.45, 2.75) is 19.9 Å². The molecule has 0 unspecified atom stereocenters. The molecule has 0 aliphatic carbocycles. The lowest BCUT2D eigenvalue weighted by atomic mass is 10.1. The number of benzene rings is 1. The molecule has 0 fully saturated rings. The van der Waals surface area contributed by atoms with E-state index in [1.807, 2.05) is 0 Å². The summed E-state index contributed by atoms with van der Waals surface area (Å²) in [7, 11) is 0. The van der Waals surface area contributed by atoms with E-state index < -0.39 is 16.9 Å². The molecule has 2 N–H and O–H groups in total.